The minimum atomic E-state index is -4.32. The highest BCUT2D eigenvalue weighted by molar-refractivity contribution is 7.98. The standard InChI is InChI=1S/C20H26F3N3O2S/c1-29-11-9-25-19(24-8-7-18-6-3-10-28-18)26-13-16-4-2-5-17(12-16)14-27-15-20(21,22)23/h2-6,10,12H,7-9,11,13-15H2,1H3,(H2,24,25,26). The number of hydrogen-bond donors (Lipinski definition) is 2. The van der Waals surface area contributed by atoms with Crippen LogP contribution in [-0.4, -0.2) is 43.8 Å². The first-order valence-electron chi connectivity index (χ1n) is 9.22. The highest BCUT2D eigenvalue weighted by atomic mass is 32.2. The van der Waals surface area contributed by atoms with Crippen molar-refractivity contribution in [2.24, 2.45) is 4.99 Å². The number of nitrogens with one attached hydrogen (secondary N) is 2. The Morgan fingerprint density at radius 1 is 1.14 bits per heavy atom. The molecule has 0 aliphatic heterocycles. The number of benzene rings is 1. The number of ether oxygens (including phenoxy) is 1. The van der Waals surface area contributed by atoms with Crippen LogP contribution in [0.5, 0.6) is 0 Å². The minimum Gasteiger partial charge on any atom is -0.469 e. The van der Waals surface area contributed by atoms with Crippen molar-refractivity contribution in [1.82, 2.24) is 10.6 Å². The average Bonchev–Trinajstić information content (AvgIpc) is 3.19. The molecule has 1 aromatic heterocycles. The van der Waals surface area contributed by atoms with E-state index in [9.17, 15) is 13.2 Å². The van der Waals surface area contributed by atoms with Crippen LogP contribution in [0.1, 0.15) is 16.9 Å². The molecule has 0 bridgehead atoms. The molecule has 1 heterocycles. The molecule has 0 aliphatic rings. The summed E-state index contributed by atoms with van der Waals surface area (Å²) in [5, 5.41) is 6.55. The highest BCUT2D eigenvalue weighted by Crippen LogP contribution is 2.16. The fraction of sp³-hybridized carbons (Fsp3) is 0.450. The van der Waals surface area contributed by atoms with Gasteiger partial charge < -0.3 is 19.8 Å². The summed E-state index contributed by atoms with van der Waals surface area (Å²) in [7, 11) is 0. The third kappa shape index (κ3) is 10.3. The topological polar surface area (TPSA) is 58.8 Å². The highest BCUT2D eigenvalue weighted by Gasteiger charge is 2.27. The minimum absolute atomic E-state index is 0.0860. The molecule has 29 heavy (non-hydrogen) atoms. The van der Waals surface area contributed by atoms with Gasteiger partial charge in [0.2, 0.25) is 0 Å². The van der Waals surface area contributed by atoms with Crippen LogP contribution in [-0.2, 0) is 24.3 Å². The second-order valence-electron chi connectivity index (χ2n) is 6.27. The smallest absolute Gasteiger partial charge is 0.411 e. The van der Waals surface area contributed by atoms with Gasteiger partial charge >= 0.3 is 6.18 Å². The molecule has 5 nitrogen and oxygen atoms in total. The van der Waals surface area contributed by atoms with E-state index < -0.39 is 12.8 Å². The zero-order chi connectivity index (χ0) is 21.0. The molecule has 9 heteroatoms. The lowest BCUT2D eigenvalue weighted by molar-refractivity contribution is -0.176. The molecule has 0 saturated heterocycles. The Morgan fingerprint density at radius 2 is 1.93 bits per heavy atom. The Labute approximate surface area is 173 Å². The van der Waals surface area contributed by atoms with Gasteiger partial charge in [-0.25, -0.2) is 4.99 Å². The molecule has 0 spiro atoms. The number of nitrogens with zero attached hydrogens (tertiary/aromatic N) is 1. The van der Waals surface area contributed by atoms with Gasteiger partial charge in [-0.3, -0.25) is 0 Å². The summed E-state index contributed by atoms with van der Waals surface area (Å²) in [5.41, 5.74) is 1.58. The third-order valence-corrected chi connectivity index (χ3v) is 4.40. The fourth-order valence-electron chi connectivity index (χ4n) is 2.48. The average molecular weight is 430 g/mol. The molecule has 0 fully saturated rings. The molecule has 2 N–H and O–H groups in total. The quantitative estimate of drug-likeness (QED) is 0.321. The van der Waals surface area contributed by atoms with Crippen LogP contribution in [0, 0.1) is 0 Å². The molecule has 160 valence electrons. The molecule has 0 amide bonds. The van der Waals surface area contributed by atoms with Crippen molar-refractivity contribution in [3.05, 3.63) is 59.5 Å². The van der Waals surface area contributed by atoms with Crippen molar-refractivity contribution < 1.29 is 22.3 Å². The summed E-state index contributed by atoms with van der Waals surface area (Å²) in [4.78, 5) is 4.58. The zero-order valence-electron chi connectivity index (χ0n) is 16.3. The molecule has 0 unspecified atom stereocenters. The first-order chi connectivity index (χ1) is 14.0. The van der Waals surface area contributed by atoms with Crippen molar-refractivity contribution in [2.75, 3.05) is 31.7 Å². The summed E-state index contributed by atoms with van der Waals surface area (Å²) in [6.45, 7) is 0.515. The molecule has 0 atom stereocenters. The molecule has 1 aromatic carbocycles. The molecule has 0 aliphatic carbocycles. The lowest BCUT2D eigenvalue weighted by Crippen LogP contribution is -2.39. The largest absolute Gasteiger partial charge is 0.469 e. The van der Waals surface area contributed by atoms with E-state index in [0.717, 1.165) is 30.0 Å². The van der Waals surface area contributed by atoms with Crippen LogP contribution in [0.25, 0.3) is 0 Å². The second-order valence-corrected chi connectivity index (χ2v) is 7.25. The number of thioether (sulfide) groups is 1. The molecule has 0 radical (unpaired) electrons. The summed E-state index contributed by atoms with van der Waals surface area (Å²) in [6.07, 6.45) is 0.102. The maximum absolute atomic E-state index is 12.2. The van der Waals surface area contributed by atoms with E-state index in [1.54, 1.807) is 30.2 Å². The number of aliphatic imine (C=N–C) groups is 1. The molecular formula is C20H26F3N3O2S. The van der Waals surface area contributed by atoms with E-state index in [0.29, 0.717) is 24.6 Å². The van der Waals surface area contributed by atoms with Gasteiger partial charge in [0.15, 0.2) is 5.96 Å². The Balaban J connectivity index is 1.88. The number of guanidine groups is 1. The van der Waals surface area contributed by atoms with Gasteiger partial charge in [0, 0.05) is 25.3 Å². The summed E-state index contributed by atoms with van der Waals surface area (Å²) in [6, 6.07) is 11.0. The number of alkyl halides is 3. The predicted octanol–water partition coefficient (Wildman–Crippen LogP) is 4.00. The lowest BCUT2D eigenvalue weighted by Gasteiger charge is -2.12. The van der Waals surface area contributed by atoms with Gasteiger partial charge in [0.05, 0.1) is 19.4 Å². The zero-order valence-corrected chi connectivity index (χ0v) is 17.1. The van der Waals surface area contributed by atoms with Crippen molar-refractivity contribution in [3.8, 4) is 0 Å². The van der Waals surface area contributed by atoms with Crippen LogP contribution in [0.2, 0.25) is 0 Å². The van der Waals surface area contributed by atoms with Crippen LogP contribution in [0.3, 0.4) is 0 Å². The molecule has 2 aromatic rings. The van der Waals surface area contributed by atoms with Crippen molar-refractivity contribution in [3.63, 3.8) is 0 Å². The van der Waals surface area contributed by atoms with E-state index >= 15 is 0 Å². The van der Waals surface area contributed by atoms with Crippen molar-refractivity contribution in [1.29, 1.82) is 0 Å². The van der Waals surface area contributed by atoms with Gasteiger partial charge in [-0.1, -0.05) is 24.3 Å². The normalized spacial score (nSPS) is 12.2. The first kappa shape index (κ1) is 23.2. The van der Waals surface area contributed by atoms with Crippen LogP contribution < -0.4 is 10.6 Å². The number of furan rings is 1. The lowest BCUT2D eigenvalue weighted by atomic mass is 10.1. The Kier molecular flexibility index (Phi) is 9.93. The number of rotatable bonds is 11. The number of hydrogen-bond acceptors (Lipinski definition) is 4. The van der Waals surface area contributed by atoms with E-state index in [-0.39, 0.29) is 6.61 Å². The van der Waals surface area contributed by atoms with Gasteiger partial charge in [0.1, 0.15) is 12.4 Å². The second kappa shape index (κ2) is 12.4. The summed E-state index contributed by atoms with van der Waals surface area (Å²) >= 11 is 1.74. The van der Waals surface area contributed by atoms with Crippen molar-refractivity contribution in [2.45, 2.75) is 25.7 Å². The fourth-order valence-corrected chi connectivity index (χ4v) is 2.78. The third-order valence-electron chi connectivity index (χ3n) is 3.79. The van der Waals surface area contributed by atoms with Crippen LogP contribution in [0.4, 0.5) is 13.2 Å². The molecule has 0 saturated carbocycles. The van der Waals surface area contributed by atoms with E-state index in [1.165, 1.54) is 0 Å². The van der Waals surface area contributed by atoms with E-state index in [4.69, 9.17) is 9.15 Å². The Bertz CT molecular complexity index is 737. The summed E-state index contributed by atoms with van der Waals surface area (Å²) in [5.74, 6) is 2.53. The van der Waals surface area contributed by atoms with Gasteiger partial charge in [-0.15, -0.1) is 0 Å². The molecular weight excluding hydrogens is 403 g/mol. The Hall–Kier alpha value is -2.13. The molecule has 2 rings (SSSR count). The SMILES string of the molecule is CSCCNC(=NCc1cccc(COCC(F)(F)F)c1)NCCc1ccco1. The van der Waals surface area contributed by atoms with Gasteiger partial charge in [0.25, 0.3) is 0 Å². The van der Waals surface area contributed by atoms with E-state index in [2.05, 4.69) is 15.6 Å². The van der Waals surface area contributed by atoms with Gasteiger partial charge in [-0.2, -0.15) is 24.9 Å². The van der Waals surface area contributed by atoms with Crippen LogP contribution >= 0.6 is 11.8 Å². The van der Waals surface area contributed by atoms with Crippen LogP contribution in [0.15, 0.2) is 52.1 Å². The predicted molar refractivity (Wildman–Crippen MR) is 110 cm³/mol. The summed E-state index contributed by atoms with van der Waals surface area (Å²) < 4.78 is 46.7. The Morgan fingerprint density at radius 3 is 2.66 bits per heavy atom. The first-order valence-corrected chi connectivity index (χ1v) is 10.6. The maximum Gasteiger partial charge on any atom is 0.411 e. The van der Waals surface area contributed by atoms with E-state index in [1.807, 2.05) is 30.5 Å². The maximum atomic E-state index is 12.2. The number of halogens is 3. The van der Waals surface area contributed by atoms with Gasteiger partial charge in [-0.05, 0) is 29.5 Å². The van der Waals surface area contributed by atoms with Crippen molar-refractivity contribution >= 4 is 17.7 Å². The monoisotopic (exact) mass is 429 g/mol.